The van der Waals surface area contributed by atoms with Crippen LogP contribution in [0.4, 0.5) is 0 Å². The zero-order valence-corrected chi connectivity index (χ0v) is 11.5. The van der Waals surface area contributed by atoms with Crippen LogP contribution in [-0.4, -0.2) is 29.7 Å². The number of nitrogens with one attached hydrogen (secondary N) is 1. The minimum atomic E-state index is -0.480. The van der Waals surface area contributed by atoms with Crippen molar-refractivity contribution >= 4 is 24.2 Å². The fraction of sp³-hybridized carbons (Fsp3) is 0.267. The van der Waals surface area contributed by atoms with Crippen LogP contribution in [0.2, 0.25) is 0 Å². The van der Waals surface area contributed by atoms with E-state index < -0.39 is 5.91 Å². The molecule has 0 spiro atoms. The molecule has 0 aliphatic heterocycles. The van der Waals surface area contributed by atoms with Crippen molar-refractivity contribution in [3.8, 4) is 0 Å². The molecule has 2 amide bonds. The first-order valence-electron chi connectivity index (χ1n) is 6.24. The SMILES string of the molecule is CC(C)C(=O)NN(C[C]=O)C(=O)/C=C/c1ccccc1. The van der Waals surface area contributed by atoms with Crippen LogP contribution in [0, 0.1) is 5.92 Å². The first-order chi connectivity index (χ1) is 9.54. The topological polar surface area (TPSA) is 66.5 Å². The molecule has 1 aromatic carbocycles. The summed E-state index contributed by atoms with van der Waals surface area (Å²) in [7, 11) is 0. The van der Waals surface area contributed by atoms with Crippen LogP contribution in [-0.2, 0) is 14.4 Å². The van der Waals surface area contributed by atoms with Gasteiger partial charge in [0.05, 0.1) is 0 Å². The molecule has 0 unspecified atom stereocenters. The maximum Gasteiger partial charge on any atom is 0.265 e. The highest BCUT2D eigenvalue weighted by atomic mass is 16.2. The van der Waals surface area contributed by atoms with Gasteiger partial charge in [-0.2, -0.15) is 0 Å². The fourth-order valence-electron chi connectivity index (χ4n) is 1.32. The Morgan fingerprint density at radius 1 is 1.30 bits per heavy atom. The maximum absolute atomic E-state index is 11.9. The molecule has 5 heteroatoms. The van der Waals surface area contributed by atoms with Crippen molar-refractivity contribution in [2.75, 3.05) is 6.54 Å². The summed E-state index contributed by atoms with van der Waals surface area (Å²) in [6, 6.07) is 9.25. The maximum atomic E-state index is 11.9. The number of carbonyl (C=O) groups excluding carboxylic acids is 3. The lowest BCUT2D eigenvalue weighted by molar-refractivity contribution is -0.138. The van der Waals surface area contributed by atoms with E-state index in [0.717, 1.165) is 10.6 Å². The molecule has 1 radical (unpaired) electrons. The van der Waals surface area contributed by atoms with Gasteiger partial charge in [0, 0.05) is 12.0 Å². The Labute approximate surface area is 118 Å². The molecule has 0 atom stereocenters. The predicted molar refractivity (Wildman–Crippen MR) is 75.9 cm³/mol. The summed E-state index contributed by atoms with van der Waals surface area (Å²) in [4.78, 5) is 33.9. The van der Waals surface area contributed by atoms with Crippen molar-refractivity contribution in [2.45, 2.75) is 13.8 Å². The number of rotatable bonds is 5. The molecular formula is C15H17N2O3. The number of hydrogen-bond acceptors (Lipinski definition) is 3. The first kappa shape index (κ1) is 15.6. The molecular weight excluding hydrogens is 256 g/mol. The van der Waals surface area contributed by atoms with Gasteiger partial charge in [-0.1, -0.05) is 44.2 Å². The molecule has 1 rings (SSSR count). The molecule has 20 heavy (non-hydrogen) atoms. The van der Waals surface area contributed by atoms with Crippen molar-refractivity contribution in [2.24, 2.45) is 5.92 Å². The van der Waals surface area contributed by atoms with E-state index in [1.807, 2.05) is 30.3 Å². The highest BCUT2D eigenvalue weighted by molar-refractivity contribution is 5.94. The Kier molecular flexibility index (Phi) is 6.16. The molecule has 0 saturated heterocycles. The van der Waals surface area contributed by atoms with Crippen LogP contribution >= 0.6 is 0 Å². The Balaban J connectivity index is 2.71. The molecule has 0 aromatic heterocycles. The minimum absolute atomic E-state index is 0.282. The average Bonchev–Trinajstić information content (AvgIpc) is 2.45. The van der Waals surface area contributed by atoms with Gasteiger partial charge in [-0.15, -0.1) is 0 Å². The van der Waals surface area contributed by atoms with E-state index in [-0.39, 0.29) is 18.4 Å². The van der Waals surface area contributed by atoms with Crippen molar-refractivity contribution in [1.82, 2.24) is 10.4 Å². The van der Waals surface area contributed by atoms with Gasteiger partial charge in [0.1, 0.15) is 6.54 Å². The summed E-state index contributed by atoms with van der Waals surface area (Å²) in [5, 5.41) is 0.939. The fourth-order valence-corrected chi connectivity index (χ4v) is 1.32. The Hall–Kier alpha value is -2.43. The lowest BCUT2D eigenvalue weighted by Gasteiger charge is -2.20. The van der Waals surface area contributed by atoms with Gasteiger partial charge in [0.15, 0.2) is 0 Å². The third-order valence-electron chi connectivity index (χ3n) is 2.48. The summed E-state index contributed by atoms with van der Waals surface area (Å²) in [6.45, 7) is 3.08. The normalized spacial score (nSPS) is 10.6. The second kappa shape index (κ2) is 7.89. The second-order valence-corrected chi connectivity index (χ2v) is 4.44. The predicted octanol–water partition coefficient (Wildman–Crippen LogP) is 1.33. The monoisotopic (exact) mass is 273 g/mol. The average molecular weight is 273 g/mol. The van der Waals surface area contributed by atoms with E-state index in [2.05, 4.69) is 5.43 Å². The number of nitrogens with zero attached hydrogens (tertiary/aromatic N) is 1. The molecule has 0 aliphatic carbocycles. The zero-order chi connectivity index (χ0) is 15.0. The van der Waals surface area contributed by atoms with Crippen LogP contribution < -0.4 is 5.43 Å². The molecule has 105 valence electrons. The third-order valence-corrected chi connectivity index (χ3v) is 2.48. The van der Waals surface area contributed by atoms with Gasteiger partial charge >= 0.3 is 0 Å². The van der Waals surface area contributed by atoms with Crippen LogP contribution in [0.25, 0.3) is 6.08 Å². The van der Waals surface area contributed by atoms with Crippen LogP contribution in [0.1, 0.15) is 19.4 Å². The van der Waals surface area contributed by atoms with Crippen LogP contribution in [0.15, 0.2) is 36.4 Å². The van der Waals surface area contributed by atoms with Gasteiger partial charge in [-0.3, -0.25) is 19.8 Å². The molecule has 0 fully saturated rings. The van der Waals surface area contributed by atoms with E-state index in [1.165, 1.54) is 6.08 Å². The summed E-state index contributed by atoms with van der Waals surface area (Å²) < 4.78 is 0. The van der Waals surface area contributed by atoms with Gasteiger partial charge in [-0.05, 0) is 11.6 Å². The van der Waals surface area contributed by atoms with Crippen molar-refractivity contribution in [3.63, 3.8) is 0 Å². The molecule has 1 aromatic rings. The summed E-state index contributed by atoms with van der Waals surface area (Å²) in [5.41, 5.74) is 3.24. The van der Waals surface area contributed by atoms with Gasteiger partial charge in [0.25, 0.3) is 5.91 Å². The van der Waals surface area contributed by atoms with Crippen LogP contribution in [0.5, 0.6) is 0 Å². The first-order valence-corrected chi connectivity index (χ1v) is 6.24. The number of benzene rings is 1. The Morgan fingerprint density at radius 2 is 1.95 bits per heavy atom. The molecule has 5 nitrogen and oxygen atoms in total. The number of hydrazine groups is 1. The molecule has 0 aliphatic rings. The third kappa shape index (κ3) is 5.06. The minimum Gasteiger partial charge on any atom is -0.289 e. The largest absolute Gasteiger partial charge is 0.289 e. The van der Waals surface area contributed by atoms with E-state index >= 15 is 0 Å². The molecule has 0 saturated carbocycles. The summed E-state index contributed by atoms with van der Waals surface area (Å²) >= 11 is 0. The van der Waals surface area contributed by atoms with Crippen molar-refractivity contribution < 1.29 is 14.4 Å². The van der Waals surface area contributed by atoms with E-state index in [4.69, 9.17) is 0 Å². The summed E-state index contributed by atoms with van der Waals surface area (Å²) in [6.07, 6.45) is 4.51. The molecule has 1 N–H and O–H groups in total. The second-order valence-electron chi connectivity index (χ2n) is 4.44. The van der Waals surface area contributed by atoms with E-state index in [9.17, 15) is 14.4 Å². The highest BCUT2D eigenvalue weighted by Gasteiger charge is 2.15. The Bertz CT molecular complexity index is 495. The van der Waals surface area contributed by atoms with Gasteiger partial charge < -0.3 is 0 Å². The molecule has 0 heterocycles. The van der Waals surface area contributed by atoms with E-state index in [1.54, 1.807) is 26.2 Å². The Morgan fingerprint density at radius 3 is 2.50 bits per heavy atom. The zero-order valence-electron chi connectivity index (χ0n) is 11.5. The number of carbonyl (C=O) groups is 2. The van der Waals surface area contributed by atoms with Crippen LogP contribution in [0.3, 0.4) is 0 Å². The summed E-state index contributed by atoms with van der Waals surface area (Å²) in [5.74, 6) is -1.09. The van der Waals surface area contributed by atoms with Crippen molar-refractivity contribution in [3.05, 3.63) is 42.0 Å². The standard InChI is InChI=1S/C15H17N2O3/c1-12(2)15(20)16-17(10-11-18)14(19)9-8-13-6-4-3-5-7-13/h3-9,12H,10H2,1-2H3,(H,16,20)/b9-8+. The number of amides is 2. The van der Waals surface area contributed by atoms with Gasteiger partial charge in [-0.25, -0.2) is 5.01 Å². The lowest BCUT2D eigenvalue weighted by atomic mass is 10.2. The smallest absolute Gasteiger partial charge is 0.265 e. The number of hydrogen-bond donors (Lipinski definition) is 1. The lowest BCUT2D eigenvalue weighted by Crippen LogP contribution is -2.47. The quantitative estimate of drug-likeness (QED) is 0.650. The highest BCUT2D eigenvalue weighted by Crippen LogP contribution is 2.02. The van der Waals surface area contributed by atoms with Gasteiger partial charge in [0.2, 0.25) is 12.2 Å². The molecule has 0 bridgehead atoms. The van der Waals surface area contributed by atoms with Crippen molar-refractivity contribution in [1.29, 1.82) is 0 Å². The van der Waals surface area contributed by atoms with E-state index in [0.29, 0.717) is 0 Å².